The van der Waals surface area contributed by atoms with Gasteiger partial charge in [-0.3, -0.25) is 4.79 Å². The Morgan fingerprint density at radius 3 is 2.38 bits per heavy atom. The zero-order chi connectivity index (χ0) is 5.11. The molecule has 2 nitrogen and oxygen atoms in total. The van der Waals surface area contributed by atoms with Gasteiger partial charge in [-0.1, -0.05) is 6.07 Å². The van der Waals surface area contributed by atoms with Crippen LogP contribution in [0.15, 0.2) is 29.2 Å². The minimum absolute atomic E-state index is 0. The van der Waals surface area contributed by atoms with Crippen molar-refractivity contribution >= 4 is 27.3 Å². The van der Waals surface area contributed by atoms with Gasteiger partial charge in [0.25, 0.3) is 0 Å². The van der Waals surface area contributed by atoms with Gasteiger partial charge in [0.05, 0.1) is 0 Å². The molecule has 1 N–H and O–H groups in total. The summed E-state index contributed by atoms with van der Waals surface area (Å²) in [5, 5.41) is 0. The van der Waals surface area contributed by atoms with Gasteiger partial charge in [-0.25, -0.2) is 0 Å². The molecule has 0 aliphatic rings. The van der Waals surface area contributed by atoms with Gasteiger partial charge in [0.15, 0.2) is 0 Å². The summed E-state index contributed by atoms with van der Waals surface area (Å²) < 4.78 is 0. The number of hydrogen-bond acceptors (Lipinski definition) is 1. The summed E-state index contributed by atoms with van der Waals surface area (Å²) in [5.74, 6) is 0. The number of aromatic nitrogens is 1. The third kappa shape index (κ3) is 2.25. The molecule has 3 heteroatoms. The van der Waals surface area contributed by atoms with Crippen molar-refractivity contribution in [3.63, 3.8) is 0 Å². The standard InChI is InChI=1S/C5H5NO.Pb/c7-5-3-1-2-4-6-5;/h1-4H,(H,6,7);. The van der Waals surface area contributed by atoms with E-state index in [9.17, 15) is 4.79 Å². The van der Waals surface area contributed by atoms with E-state index in [4.69, 9.17) is 0 Å². The molecule has 0 aliphatic heterocycles. The Labute approximate surface area is 67.1 Å². The average Bonchev–Trinajstić information content (AvgIpc) is 1.69. The van der Waals surface area contributed by atoms with Gasteiger partial charge in [-0.2, -0.15) is 0 Å². The van der Waals surface area contributed by atoms with Crippen LogP contribution in [0.3, 0.4) is 0 Å². The Morgan fingerprint density at radius 2 is 2.12 bits per heavy atom. The van der Waals surface area contributed by atoms with E-state index in [1.165, 1.54) is 6.07 Å². The maximum absolute atomic E-state index is 10.2. The van der Waals surface area contributed by atoms with Crippen LogP contribution in [0.4, 0.5) is 0 Å². The van der Waals surface area contributed by atoms with Crippen molar-refractivity contribution in [3.05, 3.63) is 34.7 Å². The molecule has 0 bridgehead atoms. The fourth-order valence-corrected chi connectivity index (χ4v) is 0.377. The second-order valence-corrected chi connectivity index (χ2v) is 1.23. The first-order chi connectivity index (χ1) is 3.39. The minimum atomic E-state index is -0.0532. The molecule has 1 rings (SSSR count). The molecule has 1 aromatic rings. The van der Waals surface area contributed by atoms with Gasteiger partial charge < -0.3 is 4.98 Å². The molecule has 8 heavy (non-hydrogen) atoms. The molecule has 0 saturated heterocycles. The van der Waals surface area contributed by atoms with Gasteiger partial charge in [-0.05, 0) is 6.07 Å². The van der Waals surface area contributed by atoms with Crippen molar-refractivity contribution in [2.24, 2.45) is 0 Å². The van der Waals surface area contributed by atoms with Crippen LogP contribution in [-0.2, 0) is 0 Å². The molecular weight excluding hydrogens is 297 g/mol. The summed E-state index contributed by atoms with van der Waals surface area (Å²) in [4.78, 5) is 12.7. The molecule has 0 spiro atoms. The third-order valence-electron chi connectivity index (χ3n) is 0.681. The molecule has 40 valence electrons. The van der Waals surface area contributed by atoms with Crippen molar-refractivity contribution < 1.29 is 0 Å². The normalized spacial score (nSPS) is 7.50. The molecule has 0 amide bonds. The zero-order valence-corrected chi connectivity index (χ0v) is 8.11. The summed E-state index contributed by atoms with van der Waals surface area (Å²) in [6.45, 7) is 0. The van der Waals surface area contributed by atoms with Crippen molar-refractivity contribution in [3.8, 4) is 0 Å². The Morgan fingerprint density at radius 1 is 1.38 bits per heavy atom. The number of aromatic amines is 1. The van der Waals surface area contributed by atoms with E-state index in [1.807, 2.05) is 0 Å². The van der Waals surface area contributed by atoms with Crippen LogP contribution in [0.25, 0.3) is 0 Å². The first-order valence-electron chi connectivity index (χ1n) is 2.03. The Balaban J connectivity index is 0.000000490. The molecule has 0 unspecified atom stereocenters. The summed E-state index contributed by atoms with van der Waals surface area (Å²) in [6.07, 6.45) is 1.60. The quantitative estimate of drug-likeness (QED) is 0.672. The molecule has 0 aliphatic carbocycles. The number of hydrogen-bond donors (Lipinski definition) is 1. The van der Waals surface area contributed by atoms with E-state index in [2.05, 4.69) is 4.98 Å². The van der Waals surface area contributed by atoms with Crippen LogP contribution in [0.5, 0.6) is 0 Å². The predicted molar refractivity (Wildman–Crippen MR) is 32.8 cm³/mol. The first kappa shape index (κ1) is 7.87. The van der Waals surface area contributed by atoms with Crippen molar-refractivity contribution in [1.29, 1.82) is 0 Å². The predicted octanol–water partition coefficient (Wildman–Crippen LogP) is -0.00590. The van der Waals surface area contributed by atoms with E-state index in [0.29, 0.717) is 0 Å². The molecule has 0 aromatic carbocycles. The molecule has 4 radical (unpaired) electrons. The van der Waals surface area contributed by atoms with Gasteiger partial charge in [0.1, 0.15) is 0 Å². The minimum Gasteiger partial charge on any atom is -0.329 e. The van der Waals surface area contributed by atoms with Gasteiger partial charge in [0, 0.05) is 39.6 Å². The third-order valence-corrected chi connectivity index (χ3v) is 0.681. The van der Waals surface area contributed by atoms with Crippen LogP contribution < -0.4 is 5.56 Å². The fraction of sp³-hybridized carbons (Fsp3) is 0. The van der Waals surface area contributed by atoms with Gasteiger partial charge in [0.2, 0.25) is 5.56 Å². The summed E-state index contributed by atoms with van der Waals surface area (Å²) in [5.41, 5.74) is -0.0532. The Hall–Kier alpha value is -0.128. The number of nitrogens with one attached hydrogen (secondary N) is 1. The van der Waals surface area contributed by atoms with Crippen molar-refractivity contribution in [2.45, 2.75) is 0 Å². The van der Waals surface area contributed by atoms with Crippen LogP contribution in [0, 0.1) is 0 Å². The second kappa shape index (κ2) is 3.82. The van der Waals surface area contributed by atoms with Crippen molar-refractivity contribution in [1.82, 2.24) is 4.98 Å². The Kier molecular flexibility index (Phi) is 3.76. The number of H-pyrrole nitrogens is 1. The van der Waals surface area contributed by atoms with E-state index in [0.717, 1.165) is 0 Å². The summed E-state index contributed by atoms with van der Waals surface area (Å²) >= 11 is 0. The summed E-state index contributed by atoms with van der Waals surface area (Å²) in [7, 11) is 0. The van der Waals surface area contributed by atoms with Crippen LogP contribution in [0.2, 0.25) is 0 Å². The number of pyridine rings is 1. The van der Waals surface area contributed by atoms with Crippen LogP contribution >= 0.6 is 0 Å². The first-order valence-corrected chi connectivity index (χ1v) is 2.03. The molecule has 0 fully saturated rings. The molecule has 0 saturated carbocycles. The van der Waals surface area contributed by atoms with Crippen LogP contribution in [-0.4, -0.2) is 32.3 Å². The molecular formula is C5H5NOPb. The monoisotopic (exact) mass is 303 g/mol. The van der Waals surface area contributed by atoms with Crippen molar-refractivity contribution in [2.75, 3.05) is 0 Å². The summed E-state index contributed by atoms with van der Waals surface area (Å²) in [6, 6.07) is 4.93. The topological polar surface area (TPSA) is 32.9 Å². The van der Waals surface area contributed by atoms with Gasteiger partial charge >= 0.3 is 0 Å². The molecule has 1 heterocycles. The van der Waals surface area contributed by atoms with E-state index >= 15 is 0 Å². The smallest absolute Gasteiger partial charge is 0.247 e. The SMILES string of the molecule is O=c1cccc[nH]1.[Pb]. The van der Waals surface area contributed by atoms with E-state index in [-0.39, 0.29) is 32.9 Å². The van der Waals surface area contributed by atoms with Gasteiger partial charge in [-0.15, -0.1) is 0 Å². The molecule has 1 aromatic heterocycles. The maximum Gasteiger partial charge on any atom is 0.247 e. The van der Waals surface area contributed by atoms with E-state index < -0.39 is 0 Å². The zero-order valence-electron chi connectivity index (χ0n) is 4.22. The second-order valence-electron chi connectivity index (χ2n) is 1.23. The fourth-order valence-electron chi connectivity index (χ4n) is 0.377. The van der Waals surface area contributed by atoms with Crippen LogP contribution in [0.1, 0.15) is 0 Å². The largest absolute Gasteiger partial charge is 0.329 e. The number of rotatable bonds is 0. The average molecular weight is 302 g/mol. The van der Waals surface area contributed by atoms with E-state index in [1.54, 1.807) is 18.3 Å². The maximum atomic E-state index is 10.2. The Bertz CT molecular complexity index is 178. The molecule has 0 atom stereocenters.